The lowest BCUT2D eigenvalue weighted by molar-refractivity contribution is -0.129. The Labute approximate surface area is 191 Å². The van der Waals surface area contributed by atoms with Crippen LogP contribution < -0.4 is 10.1 Å². The molecule has 0 unspecified atom stereocenters. The Morgan fingerprint density at radius 1 is 1.28 bits per heavy atom. The number of ether oxygens (including phenoxy) is 1. The molecule has 2 aliphatic heterocycles. The Hall–Kier alpha value is -2.67. The number of likely N-dealkylation sites (tertiary alicyclic amines) is 1. The van der Waals surface area contributed by atoms with Gasteiger partial charge in [0, 0.05) is 38.0 Å². The zero-order valence-electron chi connectivity index (χ0n) is 19.6. The van der Waals surface area contributed by atoms with Crippen LogP contribution in [0.2, 0.25) is 0 Å². The fourth-order valence-corrected chi connectivity index (χ4v) is 4.75. The summed E-state index contributed by atoms with van der Waals surface area (Å²) < 4.78 is 5.33. The molecule has 0 bridgehead atoms. The zero-order chi connectivity index (χ0) is 22.5. The van der Waals surface area contributed by atoms with Crippen molar-refractivity contribution in [3.8, 4) is 5.75 Å². The number of rotatable bonds is 7. The first-order valence-electron chi connectivity index (χ1n) is 11.7. The summed E-state index contributed by atoms with van der Waals surface area (Å²) in [6.45, 7) is 5.93. The number of amides is 1. The van der Waals surface area contributed by atoms with E-state index in [2.05, 4.69) is 29.4 Å². The van der Waals surface area contributed by atoms with Gasteiger partial charge in [-0.05, 0) is 63.4 Å². The van der Waals surface area contributed by atoms with Gasteiger partial charge in [-0.1, -0.05) is 12.1 Å². The van der Waals surface area contributed by atoms with E-state index in [-0.39, 0.29) is 5.91 Å². The van der Waals surface area contributed by atoms with E-state index in [1.54, 1.807) is 14.0 Å². The Balaban J connectivity index is 1.48. The Morgan fingerprint density at radius 3 is 2.94 bits per heavy atom. The monoisotopic (exact) mass is 437 g/mol. The van der Waals surface area contributed by atoms with Crippen LogP contribution in [0.3, 0.4) is 0 Å². The van der Waals surface area contributed by atoms with Crippen LogP contribution in [0.4, 0.5) is 5.82 Å². The predicted octanol–water partition coefficient (Wildman–Crippen LogP) is 3.24. The fraction of sp³-hybridized carbons (Fsp3) is 0.560. The quantitative estimate of drug-likeness (QED) is 0.671. The lowest BCUT2D eigenvalue weighted by Gasteiger charge is -2.32. The number of fused-ring (bicyclic) bond motifs is 1. The topological polar surface area (TPSA) is 70.6 Å². The largest absolute Gasteiger partial charge is 0.497 e. The van der Waals surface area contributed by atoms with Crippen molar-refractivity contribution in [2.24, 2.45) is 0 Å². The van der Waals surface area contributed by atoms with E-state index in [0.717, 1.165) is 74.9 Å². The van der Waals surface area contributed by atoms with Gasteiger partial charge in [0.05, 0.1) is 19.3 Å². The summed E-state index contributed by atoms with van der Waals surface area (Å²) in [5.74, 6) is 3.26. The summed E-state index contributed by atoms with van der Waals surface area (Å²) in [4.78, 5) is 26.2. The average Bonchev–Trinajstić information content (AvgIpc) is 2.81. The van der Waals surface area contributed by atoms with Gasteiger partial charge in [0.1, 0.15) is 17.4 Å². The van der Waals surface area contributed by atoms with E-state index < -0.39 is 0 Å². The number of hydrogen-bond donors (Lipinski definition) is 1. The molecule has 0 saturated carbocycles. The standard InChI is InChI=1S/C25H35N5O2/c1-18(31)30-14-11-22-23(17-30)27-24(20-9-6-13-29(2)16-20)28-25(22)26-12-5-8-19-7-4-10-21(15-19)32-3/h4,7,10,15,20H,5-6,8-9,11-14,16-17H2,1-3H3,(H,26,27,28)/t20-/m0/s1. The van der Waals surface area contributed by atoms with Crippen LogP contribution in [0.1, 0.15) is 54.7 Å². The van der Waals surface area contributed by atoms with Crippen LogP contribution in [0.25, 0.3) is 0 Å². The second kappa shape index (κ2) is 10.3. The number of benzene rings is 1. The fourth-order valence-electron chi connectivity index (χ4n) is 4.75. The first kappa shape index (κ1) is 22.5. The summed E-state index contributed by atoms with van der Waals surface area (Å²) in [7, 11) is 3.87. The Morgan fingerprint density at radius 2 is 2.16 bits per heavy atom. The maximum absolute atomic E-state index is 12.0. The second-order valence-corrected chi connectivity index (χ2v) is 9.03. The van der Waals surface area contributed by atoms with Crippen molar-refractivity contribution >= 4 is 11.7 Å². The molecule has 1 aromatic heterocycles. The Bertz CT molecular complexity index is 948. The van der Waals surface area contributed by atoms with Gasteiger partial charge in [0.15, 0.2) is 0 Å². The third-order valence-corrected chi connectivity index (χ3v) is 6.59. The molecular weight excluding hydrogens is 402 g/mol. The average molecular weight is 438 g/mol. The minimum Gasteiger partial charge on any atom is -0.497 e. The second-order valence-electron chi connectivity index (χ2n) is 9.03. The summed E-state index contributed by atoms with van der Waals surface area (Å²) in [5, 5.41) is 3.61. The summed E-state index contributed by atoms with van der Waals surface area (Å²) >= 11 is 0. The molecule has 1 atom stereocenters. The number of likely N-dealkylation sites (N-methyl/N-ethyl adjacent to an activating group) is 1. The third kappa shape index (κ3) is 5.38. The lowest BCUT2D eigenvalue weighted by Crippen LogP contribution is -2.36. The highest BCUT2D eigenvalue weighted by Gasteiger charge is 2.27. The summed E-state index contributed by atoms with van der Waals surface area (Å²) in [6.07, 6.45) is 5.08. The number of piperidine rings is 1. The van der Waals surface area contributed by atoms with E-state index in [1.807, 2.05) is 17.0 Å². The molecule has 3 heterocycles. The van der Waals surface area contributed by atoms with Crippen LogP contribution in [0.15, 0.2) is 24.3 Å². The molecule has 172 valence electrons. The molecule has 32 heavy (non-hydrogen) atoms. The van der Waals surface area contributed by atoms with Crippen LogP contribution in [0, 0.1) is 0 Å². The van der Waals surface area contributed by atoms with Crippen molar-refractivity contribution in [2.45, 2.75) is 51.5 Å². The molecule has 2 aromatic rings. The van der Waals surface area contributed by atoms with E-state index in [4.69, 9.17) is 14.7 Å². The number of anilines is 1. The van der Waals surface area contributed by atoms with Crippen molar-refractivity contribution in [2.75, 3.05) is 45.7 Å². The number of carbonyl (C=O) groups excluding carboxylic acids is 1. The maximum atomic E-state index is 12.0. The molecule has 0 spiro atoms. The number of hydrogen-bond acceptors (Lipinski definition) is 6. The molecule has 2 aliphatic rings. The van der Waals surface area contributed by atoms with Gasteiger partial charge in [-0.25, -0.2) is 9.97 Å². The minimum atomic E-state index is 0.112. The predicted molar refractivity (Wildman–Crippen MR) is 126 cm³/mol. The molecule has 0 aliphatic carbocycles. The first-order valence-corrected chi connectivity index (χ1v) is 11.7. The molecule has 1 fully saturated rings. The zero-order valence-corrected chi connectivity index (χ0v) is 19.6. The number of aryl methyl sites for hydroxylation is 1. The maximum Gasteiger partial charge on any atom is 0.219 e. The highest BCUT2D eigenvalue weighted by Crippen LogP contribution is 2.29. The highest BCUT2D eigenvalue weighted by atomic mass is 16.5. The normalized spacial score (nSPS) is 18.8. The van der Waals surface area contributed by atoms with E-state index >= 15 is 0 Å². The Kier molecular flexibility index (Phi) is 7.25. The van der Waals surface area contributed by atoms with Gasteiger partial charge in [-0.15, -0.1) is 0 Å². The van der Waals surface area contributed by atoms with E-state index in [9.17, 15) is 4.79 Å². The number of aromatic nitrogens is 2. The van der Waals surface area contributed by atoms with Gasteiger partial charge in [-0.2, -0.15) is 0 Å². The number of carbonyl (C=O) groups is 1. The third-order valence-electron chi connectivity index (χ3n) is 6.59. The number of methoxy groups -OCH3 is 1. The van der Waals surface area contributed by atoms with Gasteiger partial charge in [0.25, 0.3) is 0 Å². The van der Waals surface area contributed by atoms with Crippen molar-refractivity contribution in [1.82, 2.24) is 19.8 Å². The summed E-state index contributed by atoms with van der Waals surface area (Å²) in [5.41, 5.74) is 3.47. The first-order chi connectivity index (χ1) is 15.5. The molecule has 1 saturated heterocycles. The molecule has 1 N–H and O–H groups in total. The van der Waals surface area contributed by atoms with Gasteiger partial charge < -0.3 is 19.9 Å². The molecule has 0 radical (unpaired) electrons. The lowest BCUT2D eigenvalue weighted by atomic mass is 9.96. The van der Waals surface area contributed by atoms with E-state index in [1.165, 1.54) is 17.5 Å². The van der Waals surface area contributed by atoms with Crippen LogP contribution in [-0.2, 0) is 24.2 Å². The van der Waals surface area contributed by atoms with Crippen LogP contribution in [0.5, 0.6) is 5.75 Å². The highest BCUT2D eigenvalue weighted by molar-refractivity contribution is 5.73. The van der Waals surface area contributed by atoms with Crippen molar-refractivity contribution < 1.29 is 9.53 Å². The smallest absolute Gasteiger partial charge is 0.219 e. The van der Waals surface area contributed by atoms with Crippen molar-refractivity contribution in [1.29, 1.82) is 0 Å². The van der Waals surface area contributed by atoms with Crippen molar-refractivity contribution in [3.05, 3.63) is 46.9 Å². The minimum absolute atomic E-state index is 0.112. The molecule has 7 nitrogen and oxygen atoms in total. The van der Waals surface area contributed by atoms with Crippen LogP contribution >= 0.6 is 0 Å². The molecule has 7 heteroatoms. The molecule has 1 aromatic carbocycles. The van der Waals surface area contributed by atoms with Gasteiger partial charge in [0.2, 0.25) is 5.91 Å². The van der Waals surface area contributed by atoms with E-state index in [0.29, 0.717) is 12.5 Å². The molecular formula is C25H35N5O2. The number of nitrogens with zero attached hydrogens (tertiary/aromatic N) is 4. The molecule has 1 amide bonds. The van der Waals surface area contributed by atoms with Gasteiger partial charge in [-0.3, -0.25) is 4.79 Å². The molecule has 4 rings (SSSR count). The number of nitrogens with one attached hydrogen (secondary N) is 1. The van der Waals surface area contributed by atoms with Crippen molar-refractivity contribution in [3.63, 3.8) is 0 Å². The SMILES string of the molecule is COc1cccc(CCCNc2nc([C@H]3CCCN(C)C3)nc3c2CCN(C(C)=O)C3)c1. The van der Waals surface area contributed by atoms with Gasteiger partial charge >= 0.3 is 0 Å². The summed E-state index contributed by atoms with van der Waals surface area (Å²) in [6, 6.07) is 8.25. The van der Waals surface area contributed by atoms with Crippen LogP contribution in [-0.4, -0.2) is 66.0 Å².